The van der Waals surface area contributed by atoms with Crippen LogP contribution in [0.15, 0.2) is 24.3 Å². The molecule has 23 heavy (non-hydrogen) atoms. The number of likely N-dealkylation sites (tertiary alicyclic amines) is 2. The zero-order chi connectivity index (χ0) is 16.2. The van der Waals surface area contributed by atoms with Gasteiger partial charge in [0.15, 0.2) is 0 Å². The fourth-order valence-electron chi connectivity index (χ4n) is 3.75. The van der Waals surface area contributed by atoms with Gasteiger partial charge in [0.1, 0.15) is 5.75 Å². The van der Waals surface area contributed by atoms with Gasteiger partial charge in [-0.2, -0.15) is 0 Å². The second-order valence-electron chi connectivity index (χ2n) is 6.85. The van der Waals surface area contributed by atoms with Crippen molar-refractivity contribution in [2.75, 3.05) is 39.3 Å². The Balaban J connectivity index is 1.57. The highest BCUT2D eigenvalue weighted by Gasteiger charge is 2.35. The van der Waals surface area contributed by atoms with Crippen molar-refractivity contribution in [1.29, 1.82) is 0 Å². The number of aliphatic hydroxyl groups excluding tert-OH is 1. The molecule has 3 rings (SSSR count). The molecule has 0 bridgehead atoms. The molecule has 2 aliphatic heterocycles. The van der Waals surface area contributed by atoms with E-state index in [2.05, 4.69) is 4.90 Å². The van der Waals surface area contributed by atoms with Crippen molar-refractivity contribution in [2.24, 2.45) is 11.8 Å². The molecule has 5 nitrogen and oxygen atoms in total. The van der Waals surface area contributed by atoms with Gasteiger partial charge in [-0.15, -0.1) is 0 Å². The highest BCUT2D eigenvalue weighted by molar-refractivity contribution is 5.79. The van der Waals surface area contributed by atoms with E-state index in [-0.39, 0.29) is 24.2 Å². The lowest BCUT2D eigenvalue weighted by Gasteiger charge is -2.22. The summed E-state index contributed by atoms with van der Waals surface area (Å²) >= 11 is 0. The Labute approximate surface area is 137 Å². The van der Waals surface area contributed by atoms with Crippen molar-refractivity contribution in [1.82, 2.24) is 9.80 Å². The number of rotatable bonds is 5. The van der Waals surface area contributed by atoms with E-state index in [0.29, 0.717) is 18.9 Å². The molecule has 2 aliphatic rings. The Bertz CT molecular complexity index is 526. The fraction of sp³-hybridized carbons (Fsp3) is 0.611. The van der Waals surface area contributed by atoms with Crippen LogP contribution in [-0.2, 0) is 11.2 Å². The molecule has 2 atom stereocenters. The van der Waals surface area contributed by atoms with E-state index < -0.39 is 0 Å². The molecule has 0 aromatic heterocycles. The molecule has 1 aromatic rings. The quantitative estimate of drug-likeness (QED) is 0.853. The third-order valence-electron chi connectivity index (χ3n) is 5.15. The second-order valence-corrected chi connectivity index (χ2v) is 6.85. The molecule has 2 fully saturated rings. The van der Waals surface area contributed by atoms with Gasteiger partial charge in [-0.3, -0.25) is 4.79 Å². The first-order valence-corrected chi connectivity index (χ1v) is 8.54. The molecule has 2 unspecified atom stereocenters. The molecule has 0 aliphatic carbocycles. The number of phenolic OH excluding ortho intramolecular Hbond substituents is 1. The van der Waals surface area contributed by atoms with Crippen molar-refractivity contribution in [3.8, 4) is 5.75 Å². The Hall–Kier alpha value is -1.59. The number of hydrogen-bond acceptors (Lipinski definition) is 4. The average molecular weight is 318 g/mol. The van der Waals surface area contributed by atoms with Crippen LogP contribution in [0.1, 0.15) is 18.4 Å². The first kappa shape index (κ1) is 16.3. The first-order chi connectivity index (χ1) is 11.2. The van der Waals surface area contributed by atoms with Crippen molar-refractivity contribution in [2.45, 2.75) is 19.3 Å². The highest BCUT2D eigenvalue weighted by atomic mass is 16.3. The van der Waals surface area contributed by atoms with E-state index in [1.807, 2.05) is 4.90 Å². The molecular formula is C18H26N2O3. The maximum Gasteiger partial charge on any atom is 0.227 e. The average Bonchev–Trinajstić information content (AvgIpc) is 3.19. The Morgan fingerprint density at radius 1 is 1.09 bits per heavy atom. The van der Waals surface area contributed by atoms with Crippen LogP contribution >= 0.6 is 0 Å². The van der Waals surface area contributed by atoms with Gasteiger partial charge in [-0.25, -0.2) is 0 Å². The van der Waals surface area contributed by atoms with E-state index in [1.54, 1.807) is 24.3 Å². The Kier molecular flexibility index (Phi) is 5.18. The number of carbonyl (C=O) groups excluding carboxylic acids is 1. The van der Waals surface area contributed by atoms with E-state index in [0.717, 1.165) is 31.7 Å². The van der Waals surface area contributed by atoms with Crippen molar-refractivity contribution in [3.05, 3.63) is 29.8 Å². The number of aliphatic hydroxyl groups is 1. The summed E-state index contributed by atoms with van der Waals surface area (Å²) in [5.41, 5.74) is 0.913. The van der Waals surface area contributed by atoms with Crippen LogP contribution in [0, 0.1) is 11.8 Å². The van der Waals surface area contributed by atoms with Gasteiger partial charge in [0.05, 0.1) is 6.42 Å². The summed E-state index contributed by atoms with van der Waals surface area (Å²) in [6.45, 7) is 4.85. The van der Waals surface area contributed by atoms with E-state index >= 15 is 0 Å². The van der Waals surface area contributed by atoms with Crippen molar-refractivity contribution >= 4 is 5.91 Å². The first-order valence-electron chi connectivity index (χ1n) is 8.54. The summed E-state index contributed by atoms with van der Waals surface area (Å²) in [6, 6.07) is 6.79. The zero-order valence-electron chi connectivity index (χ0n) is 13.5. The third kappa shape index (κ3) is 4.03. The molecule has 2 heterocycles. The molecule has 1 aromatic carbocycles. The van der Waals surface area contributed by atoms with Crippen LogP contribution in [0.25, 0.3) is 0 Å². The predicted octanol–water partition coefficient (Wildman–Crippen LogP) is 1.10. The molecule has 126 valence electrons. The van der Waals surface area contributed by atoms with Crippen molar-refractivity contribution in [3.63, 3.8) is 0 Å². The minimum Gasteiger partial charge on any atom is -0.508 e. The summed E-state index contributed by atoms with van der Waals surface area (Å²) < 4.78 is 0. The maximum atomic E-state index is 12.5. The van der Waals surface area contributed by atoms with Crippen LogP contribution in [0.4, 0.5) is 0 Å². The fourth-order valence-corrected chi connectivity index (χ4v) is 3.75. The summed E-state index contributed by atoms with van der Waals surface area (Å²) in [4.78, 5) is 16.9. The lowest BCUT2D eigenvalue weighted by Crippen LogP contribution is -2.33. The van der Waals surface area contributed by atoms with Gasteiger partial charge < -0.3 is 20.0 Å². The molecule has 1 amide bonds. The van der Waals surface area contributed by atoms with Crippen LogP contribution in [0.3, 0.4) is 0 Å². The molecule has 2 N–H and O–H groups in total. The van der Waals surface area contributed by atoms with Crippen LogP contribution < -0.4 is 0 Å². The van der Waals surface area contributed by atoms with Gasteiger partial charge >= 0.3 is 0 Å². The zero-order valence-corrected chi connectivity index (χ0v) is 13.5. The van der Waals surface area contributed by atoms with Crippen LogP contribution in [0.5, 0.6) is 5.75 Å². The largest absolute Gasteiger partial charge is 0.508 e. The molecule has 0 spiro atoms. The molecular weight excluding hydrogens is 292 g/mol. The van der Waals surface area contributed by atoms with E-state index in [9.17, 15) is 15.0 Å². The van der Waals surface area contributed by atoms with Gasteiger partial charge in [0.2, 0.25) is 5.91 Å². The maximum absolute atomic E-state index is 12.5. The minimum atomic E-state index is 0.109. The second kappa shape index (κ2) is 7.32. The molecule has 2 saturated heterocycles. The van der Waals surface area contributed by atoms with Crippen LogP contribution in [0.2, 0.25) is 0 Å². The van der Waals surface area contributed by atoms with E-state index in [1.165, 1.54) is 12.8 Å². The van der Waals surface area contributed by atoms with Gasteiger partial charge in [0, 0.05) is 32.2 Å². The summed E-state index contributed by atoms with van der Waals surface area (Å²) in [5, 5.41) is 19.0. The number of phenols is 1. The third-order valence-corrected chi connectivity index (χ3v) is 5.15. The normalized spacial score (nSPS) is 25.2. The van der Waals surface area contributed by atoms with Crippen molar-refractivity contribution < 1.29 is 15.0 Å². The standard InChI is InChI=1S/C18H26N2O3/c21-13-16-12-20(11-15(16)10-19-7-1-2-8-19)18(23)9-14-3-5-17(22)6-4-14/h3-6,15-16,21-22H,1-2,7-13H2. The monoisotopic (exact) mass is 318 g/mol. The SMILES string of the molecule is O=C(Cc1ccc(O)cc1)N1CC(CO)C(CN2CCCC2)C1. The number of hydrogen-bond donors (Lipinski definition) is 2. The van der Waals surface area contributed by atoms with Gasteiger partial charge in [-0.1, -0.05) is 12.1 Å². The van der Waals surface area contributed by atoms with E-state index in [4.69, 9.17) is 0 Å². The summed E-state index contributed by atoms with van der Waals surface area (Å²) in [6.07, 6.45) is 2.88. The topological polar surface area (TPSA) is 64.0 Å². The molecule has 0 radical (unpaired) electrons. The summed E-state index contributed by atoms with van der Waals surface area (Å²) in [5.74, 6) is 0.896. The van der Waals surface area contributed by atoms with Gasteiger partial charge in [0.25, 0.3) is 0 Å². The number of benzene rings is 1. The van der Waals surface area contributed by atoms with Gasteiger partial charge in [-0.05, 0) is 49.5 Å². The highest BCUT2D eigenvalue weighted by Crippen LogP contribution is 2.26. The number of amides is 1. The minimum absolute atomic E-state index is 0.109. The smallest absolute Gasteiger partial charge is 0.227 e. The summed E-state index contributed by atoms with van der Waals surface area (Å²) in [7, 11) is 0. The Morgan fingerprint density at radius 2 is 1.74 bits per heavy atom. The Morgan fingerprint density at radius 3 is 2.39 bits per heavy atom. The lowest BCUT2D eigenvalue weighted by molar-refractivity contribution is -0.129. The lowest BCUT2D eigenvalue weighted by atomic mass is 9.96. The molecule has 0 saturated carbocycles. The predicted molar refractivity (Wildman–Crippen MR) is 88.1 cm³/mol. The molecule has 5 heteroatoms. The number of nitrogens with zero attached hydrogens (tertiary/aromatic N) is 2. The van der Waals surface area contributed by atoms with Crippen LogP contribution in [-0.4, -0.2) is 65.3 Å². The number of aromatic hydroxyl groups is 1. The number of carbonyl (C=O) groups is 1.